The van der Waals surface area contributed by atoms with Crippen molar-refractivity contribution < 1.29 is 19.9 Å². The molecule has 2 rings (SSSR count). The number of phenols is 1. The molecule has 0 unspecified atom stereocenters. The van der Waals surface area contributed by atoms with E-state index in [0.717, 1.165) is 5.57 Å². The molecule has 0 spiro atoms. The van der Waals surface area contributed by atoms with E-state index < -0.39 is 16.8 Å². The number of nitrogens with zero attached hydrogens (tertiary/aromatic N) is 2. The Balaban J connectivity index is 2.28. The SMILES string of the molecule is O=C(O)N1CCC=C(c2ccc([N+](=O)[O-])c(O)c2)C1. The maximum atomic E-state index is 10.9. The topological polar surface area (TPSA) is 104 Å². The summed E-state index contributed by atoms with van der Waals surface area (Å²) in [5.41, 5.74) is 0.961. The molecule has 0 saturated carbocycles. The van der Waals surface area contributed by atoms with Crippen LogP contribution < -0.4 is 0 Å². The van der Waals surface area contributed by atoms with Gasteiger partial charge in [-0.15, -0.1) is 0 Å². The number of phenolic OH excluding ortho intramolecular Hbond substituents is 1. The molecule has 0 radical (unpaired) electrons. The largest absolute Gasteiger partial charge is 0.502 e. The highest BCUT2D eigenvalue weighted by atomic mass is 16.6. The molecule has 1 amide bonds. The van der Waals surface area contributed by atoms with Crippen LogP contribution in [0.4, 0.5) is 10.5 Å². The lowest BCUT2D eigenvalue weighted by Crippen LogP contribution is -2.34. The van der Waals surface area contributed by atoms with Gasteiger partial charge in [-0.3, -0.25) is 10.1 Å². The van der Waals surface area contributed by atoms with E-state index in [2.05, 4.69) is 0 Å². The molecule has 0 fully saturated rings. The van der Waals surface area contributed by atoms with E-state index in [1.54, 1.807) is 0 Å². The predicted molar refractivity (Wildman–Crippen MR) is 67.0 cm³/mol. The first-order chi connectivity index (χ1) is 8.99. The molecule has 0 bridgehead atoms. The summed E-state index contributed by atoms with van der Waals surface area (Å²) in [6, 6.07) is 4.01. The Bertz CT molecular complexity index is 567. The van der Waals surface area contributed by atoms with Crippen molar-refractivity contribution in [3.63, 3.8) is 0 Å². The Morgan fingerprint density at radius 1 is 1.42 bits per heavy atom. The maximum Gasteiger partial charge on any atom is 0.407 e. The number of benzene rings is 1. The third-order valence-electron chi connectivity index (χ3n) is 2.96. The summed E-state index contributed by atoms with van der Waals surface area (Å²) in [6.07, 6.45) is 1.45. The lowest BCUT2D eigenvalue weighted by Gasteiger charge is -2.24. The van der Waals surface area contributed by atoms with Gasteiger partial charge in [-0.05, 0) is 29.7 Å². The number of rotatable bonds is 2. The van der Waals surface area contributed by atoms with E-state index in [-0.39, 0.29) is 12.2 Å². The number of amides is 1. The highest BCUT2D eigenvalue weighted by Crippen LogP contribution is 2.30. The fraction of sp³-hybridized carbons (Fsp3) is 0.250. The maximum absolute atomic E-state index is 10.9. The van der Waals surface area contributed by atoms with Crippen LogP contribution in [-0.4, -0.2) is 39.2 Å². The zero-order valence-corrected chi connectivity index (χ0v) is 9.94. The molecule has 1 heterocycles. The summed E-state index contributed by atoms with van der Waals surface area (Å²) in [4.78, 5) is 22.1. The molecule has 100 valence electrons. The summed E-state index contributed by atoms with van der Waals surface area (Å²) in [5, 5.41) is 29.1. The van der Waals surface area contributed by atoms with Gasteiger partial charge >= 0.3 is 11.8 Å². The Hall–Kier alpha value is -2.57. The van der Waals surface area contributed by atoms with Crippen LogP contribution in [0.25, 0.3) is 5.57 Å². The first-order valence-electron chi connectivity index (χ1n) is 5.63. The van der Waals surface area contributed by atoms with Crippen LogP contribution >= 0.6 is 0 Å². The molecule has 0 atom stereocenters. The number of aromatic hydroxyl groups is 1. The van der Waals surface area contributed by atoms with Gasteiger partial charge < -0.3 is 15.1 Å². The summed E-state index contributed by atoms with van der Waals surface area (Å²) < 4.78 is 0. The predicted octanol–water partition coefficient (Wildman–Crippen LogP) is 2.07. The van der Waals surface area contributed by atoms with Crippen LogP contribution in [0.2, 0.25) is 0 Å². The second-order valence-electron chi connectivity index (χ2n) is 4.18. The summed E-state index contributed by atoms with van der Waals surface area (Å²) in [7, 11) is 0. The van der Waals surface area contributed by atoms with Crippen LogP contribution in [0.5, 0.6) is 5.75 Å². The second-order valence-corrected chi connectivity index (χ2v) is 4.18. The third-order valence-corrected chi connectivity index (χ3v) is 2.96. The minimum atomic E-state index is -1.00. The number of nitro groups is 1. The molecule has 1 aromatic carbocycles. The van der Waals surface area contributed by atoms with Gasteiger partial charge in [-0.1, -0.05) is 6.08 Å². The fourth-order valence-corrected chi connectivity index (χ4v) is 1.99. The van der Waals surface area contributed by atoms with Crippen LogP contribution in [0, 0.1) is 10.1 Å². The fourth-order valence-electron chi connectivity index (χ4n) is 1.99. The molecule has 1 aromatic rings. The molecule has 0 aromatic heterocycles. The van der Waals surface area contributed by atoms with E-state index in [9.17, 15) is 20.0 Å². The monoisotopic (exact) mass is 264 g/mol. The summed E-state index contributed by atoms with van der Waals surface area (Å²) in [6.45, 7) is 0.643. The van der Waals surface area contributed by atoms with Gasteiger partial charge in [-0.2, -0.15) is 0 Å². The zero-order valence-electron chi connectivity index (χ0n) is 9.94. The molecule has 2 N–H and O–H groups in total. The van der Waals surface area contributed by atoms with Crippen molar-refractivity contribution in [1.29, 1.82) is 0 Å². The lowest BCUT2D eigenvalue weighted by atomic mass is 10.0. The molecule has 1 aliphatic heterocycles. The molecule has 0 saturated heterocycles. The smallest absolute Gasteiger partial charge is 0.407 e. The summed E-state index contributed by atoms with van der Waals surface area (Å²) >= 11 is 0. The first kappa shape index (κ1) is 12.9. The van der Waals surface area contributed by atoms with Gasteiger partial charge in [-0.25, -0.2) is 4.79 Å². The molecule has 19 heavy (non-hydrogen) atoms. The molecule has 0 aliphatic carbocycles. The van der Waals surface area contributed by atoms with Gasteiger partial charge in [0.05, 0.1) is 4.92 Å². The minimum absolute atomic E-state index is 0.215. The van der Waals surface area contributed by atoms with E-state index >= 15 is 0 Å². The standard InChI is InChI=1S/C12H12N2O5/c15-11-6-8(3-4-10(11)14(18)19)9-2-1-5-13(7-9)12(16)17/h2-4,6,15H,1,5,7H2,(H,16,17). The normalized spacial score (nSPS) is 14.9. The Morgan fingerprint density at radius 3 is 2.74 bits per heavy atom. The molecular formula is C12H12N2O5. The number of nitro benzene ring substituents is 1. The highest BCUT2D eigenvalue weighted by molar-refractivity contribution is 5.75. The van der Waals surface area contributed by atoms with Crippen molar-refractivity contribution in [3.8, 4) is 5.75 Å². The molecule has 7 nitrogen and oxygen atoms in total. The summed E-state index contributed by atoms with van der Waals surface area (Å²) in [5.74, 6) is -0.421. The minimum Gasteiger partial charge on any atom is -0.502 e. The van der Waals surface area contributed by atoms with E-state index in [1.807, 2.05) is 6.08 Å². The lowest BCUT2D eigenvalue weighted by molar-refractivity contribution is -0.385. The second kappa shape index (κ2) is 4.97. The van der Waals surface area contributed by atoms with E-state index in [0.29, 0.717) is 18.5 Å². The van der Waals surface area contributed by atoms with Crippen molar-refractivity contribution in [1.82, 2.24) is 4.90 Å². The van der Waals surface area contributed by atoms with Gasteiger partial charge in [0.15, 0.2) is 5.75 Å². The van der Waals surface area contributed by atoms with Gasteiger partial charge in [0.25, 0.3) is 0 Å². The quantitative estimate of drug-likeness (QED) is 0.628. The van der Waals surface area contributed by atoms with Gasteiger partial charge in [0.2, 0.25) is 0 Å². The number of carbonyl (C=O) groups is 1. The Labute approximate surface area is 108 Å². The van der Waals surface area contributed by atoms with Crippen molar-refractivity contribution >= 4 is 17.4 Å². The van der Waals surface area contributed by atoms with Gasteiger partial charge in [0.1, 0.15) is 0 Å². The van der Waals surface area contributed by atoms with Crippen LogP contribution in [0.15, 0.2) is 24.3 Å². The molecule has 1 aliphatic rings. The Kier molecular flexibility index (Phi) is 3.37. The van der Waals surface area contributed by atoms with Crippen molar-refractivity contribution in [3.05, 3.63) is 40.0 Å². The van der Waals surface area contributed by atoms with Crippen LogP contribution in [0.3, 0.4) is 0 Å². The number of hydrogen-bond donors (Lipinski definition) is 2. The average Bonchev–Trinajstić information content (AvgIpc) is 2.38. The van der Waals surface area contributed by atoms with Crippen LogP contribution in [-0.2, 0) is 0 Å². The Morgan fingerprint density at radius 2 is 2.16 bits per heavy atom. The molecular weight excluding hydrogens is 252 g/mol. The van der Waals surface area contributed by atoms with Crippen LogP contribution in [0.1, 0.15) is 12.0 Å². The number of carboxylic acid groups (broad SMARTS) is 1. The average molecular weight is 264 g/mol. The van der Waals surface area contributed by atoms with Crippen molar-refractivity contribution in [2.45, 2.75) is 6.42 Å². The highest BCUT2D eigenvalue weighted by Gasteiger charge is 2.20. The van der Waals surface area contributed by atoms with Gasteiger partial charge in [0, 0.05) is 19.2 Å². The van der Waals surface area contributed by atoms with E-state index in [1.165, 1.54) is 23.1 Å². The third kappa shape index (κ3) is 2.65. The molecule has 7 heteroatoms. The van der Waals surface area contributed by atoms with Crippen molar-refractivity contribution in [2.24, 2.45) is 0 Å². The first-order valence-corrected chi connectivity index (χ1v) is 5.63. The number of hydrogen-bond acceptors (Lipinski definition) is 4. The van der Waals surface area contributed by atoms with Crippen molar-refractivity contribution in [2.75, 3.05) is 13.1 Å². The zero-order chi connectivity index (χ0) is 14.0. The van der Waals surface area contributed by atoms with E-state index in [4.69, 9.17) is 5.11 Å².